The Morgan fingerprint density at radius 1 is 0.838 bits per heavy atom. The Kier molecular flexibility index (Phi) is 22.9. The summed E-state index contributed by atoms with van der Waals surface area (Å²) in [6.07, 6.45) is 10.8. The lowest BCUT2D eigenvalue weighted by molar-refractivity contribution is -0.265. The van der Waals surface area contributed by atoms with Gasteiger partial charge >= 0.3 is 5.97 Å². The van der Waals surface area contributed by atoms with Crippen molar-refractivity contribution in [1.29, 1.82) is 0 Å². The van der Waals surface area contributed by atoms with Crippen LogP contribution in [0.4, 0.5) is 0 Å². The van der Waals surface area contributed by atoms with Gasteiger partial charge in [0, 0.05) is 58.5 Å². The zero-order valence-electron chi connectivity index (χ0n) is 42.4. The SMILES string of the molecule is COCCO[C@@H]1CC[C@@H](C[C@@H](C)[C@@H]2CC(=O)[C@H](C)/C=C(\C)[C@@H](O)[C@@H](OC)C(=O)[C@H](C)C[C@H](C)/C=C/C=C/C=C(\C)[C@@H](O)C[C@@H]3CC[C@@H](C)[C@@](O)(O3)C(=O)C(=O)N3CCCC[C@H]3C(=O)O2)C[C@H]1OC. The predicted octanol–water partition coefficient (Wildman–Crippen LogP) is 6.20. The molecule has 0 spiro atoms. The van der Waals surface area contributed by atoms with E-state index in [0.29, 0.717) is 69.3 Å². The number of methoxy groups -OCH3 is 3. The molecule has 1 amide bonds. The molecule has 2 bridgehead atoms. The summed E-state index contributed by atoms with van der Waals surface area (Å²) in [5, 5.41) is 34.5. The minimum absolute atomic E-state index is 0.00449. The number of nitrogens with zero attached hydrogens (tertiary/aromatic N) is 1. The molecule has 0 radical (unpaired) electrons. The maximum absolute atomic E-state index is 14.4. The topological polar surface area (TPSA) is 205 Å². The Balaban J connectivity index is 1.68. The van der Waals surface area contributed by atoms with E-state index >= 15 is 0 Å². The summed E-state index contributed by atoms with van der Waals surface area (Å²) in [7, 11) is 4.66. The molecule has 3 aliphatic heterocycles. The molecule has 4 aliphatic rings. The smallest absolute Gasteiger partial charge is 0.329 e. The lowest BCUT2D eigenvalue weighted by Gasteiger charge is -2.42. The van der Waals surface area contributed by atoms with Crippen LogP contribution < -0.4 is 0 Å². The van der Waals surface area contributed by atoms with Crippen LogP contribution in [0.1, 0.15) is 126 Å². The first kappa shape index (κ1) is 57.2. The molecule has 4 rings (SSSR count). The molecule has 0 unspecified atom stereocenters. The minimum Gasteiger partial charge on any atom is -0.460 e. The zero-order valence-corrected chi connectivity index (χ0v) is 42.4. The van der Waals surface area contributed by atoms with Crippen molar-refractivity contribution >= 4 is 29.2 Å². The Labute approximate surface area is 405 Å². The molecular formula is C53H83NO14. The van der Waals surface area contributed by atoms with Crippen molar-refractivity contribution in [2.24, 2.45) is 35.5 Å². The summed E-state index contributed by atoms with van der Waals surface area (Å²) >= 11 is 0. The van der Waals surface area contributed by atoms with Crippen LogP contribution >= 0.6 is 0 Å². The molecule has 3 N–H and O–H groups in total. The summed E-state index contributed by atoms with van der Waals surface area (Å²) < 4.78 is 35.0. The molecule has 3 heterocycles. The maximum atomic E-state index is 14.4. The van der Waals surface area contributed by atoms with E-state index in [1.54, 1.807) is 67.1 Å². The highest BCUT2D eigenvalue weighted by atomic mass is 16.6. The lowest BCUT2D eigenvalue weighted by atomic mass is 9.78. The Hall–Kier alpha value is -3.41. The highest BCUT2D eigenvalue weighted by Crippen LogP contribution is 2.38. The van der Waals surface area contributed by atoms with Gasteiger partial charge in [-0.05, 0) is 107 Å². The number of Topliss-reactive ketones (excluding diaryl/α,β-unsaturated/α-hetero) is 3. The van der Waals surface area contributed by atoms with Crippen LogP contribution in [0.5, 0.6) is 0 Å². The summed E-state index contributed by atoms with van der Waals surface area (Å²) in [6.45, 7) is 13.5. The number of aliphatic hydroxyl groups is 3. The first-order chi connectivity index (χ1) is 32.2. The number of aliphatic hydroxyl groups excluding tert-OH is 2. The molecule has 68 heavy (non-hydrogen) atoms. The van der Waals surface area contributed by atoms with E-state index in [1.807, 2.05) is 32.1 Å². The second kappa shape index (κ2) is 27.3. The molecule has 384 valence electrons. The molecule has 0 aromatic heterocycles. The predicted molar refractivity (Wildman–Crippen MR) is 256 cm³/mol. The number of amides is 1. The number of piperidine rings is 1. The van der Waals surface area contributed by atoms with Gasteiger partial charge < -0.3 is 48.6 Å². The number of hydrogen-bond acceptors (Lipinski definition) is 14. The number of ether oxygens (including phenoxy) is 6. The fourth-order valence-corrected chi connectivity index (χ4v) is 10.3. The Bertz CT molecular complexity index is 1810. The Morgan fingerprint density at radius 2 is 1.57 bits per heavy atom. The van der Waals surface area contributed by atoms with Crippen molar-refractivity contribution in [3.63, 3.8) is 0 Å². The maximum Gasteiger partial charge on any atom is 0.329 e. The number of carbonyl (C=O) groups is 5. The van der Waals surface area contributed by atoms with Gasteiger partial charge in [-0.15, -0.1) is 0 Å². The van der Waals surface area contributed by atoms with Gasteiger partial charge in [-0.3, -0.25) is 19.2 Å². The molecular weight excluding hydrogens is 875 g/mol. The van der Waals surface area contributed by atoms with Gasteiger partial charge in [0.05, 0.1) is 37.6 Å². The lowest BCUT2D eigenvalue weighted by Crippen LogP contribution is -2.61. The van der Waals surface area contributed by atoms with Crippen LogP contribution in [0, 0.1) is 35.5 Å². The van der Waals surface area contributed by atoms with E-state index in [0.717, 1.165) is 12.8 Å². The third kappa shape index (κ3) is 15.5. The summed E-state index contributed by atoms with van der Waals surface area (Å²) in [5.74, 6) is -8.12. The largest absolute Gasteiger partial charge is 0.460 e. The first-order valence-electron chi connectivity index (χ1n) is 25.0. The summed E-state index contributed by atoms with van der Waals surface area (Å²) in [5.41, 5.74) is 1.01. The number of carbonyl (C=O) groups excluding carboxylic acids is 5. The zero-order chi connectivity index (χ0) is 50.3. The fourth-order valence-electron chi connectivity index (χ4n) is 10.3. The normalized spacial score (nSPS) is 39.2. The monoisotopic (exact) mass is 958 g/mol. The molecule has 0 aromatic rings. The average molecular weight is 958 g/mol. The summed E-state index contributed by atoms with van der Waals surface area (Å²) in [6, 6.07) is -1.15. The highest BCUT2D eigenvalue weighted by molar-refractivity contribution is 6.39. The van der Waals surface area contributed by atoms with E-state index < -0.39 is 77.8 Å². The highest BCUT2D eigenvalue weighted by Gasteiger charge is 2.53. The van der Waals surface area contributed by atoms with Crippen molar-refractivity contribution in [2.75, 3.05) is 41.1 Å². The van der Waals surface area contributed by atoms with Crippen LogP contribution in [-0.4, -0.2) is 145 Å². The molecule has 3 fully saturated rings. The number of cyclic esters (lactones) is 1. The molecule has 2 saturated heterocycles. The van der Waals surface area contributed by atoms with E-state index in [-0.39, 0.29) is 67.3 Å². The van der Waals surface area contributed by atoms with Crippen molar-refractivity contribution < 1.29 is 67.7 Å². The first-order valence-corrected chi connectivity index (χ1v) is 25.0. The van der Waals surface area contributed by atoms with Crippen molar-refractivity contribution in [3.05, 3.63) is 47.6 Å². The fraction of sp³-hybridized carbons (Fsp3) is 0.755. The van der Waals surface area contributed by atoms with E-state index in [9.17, 15) is 39.3 Å². The van der Waals surface area contributed by atoms with Crippen LogP contribution in [0.2, 0.25) is 0 Å². The van der Waals surface area contributed by atoms with Crippen molar-refractivity contribution in [1.82, 2.24) is 4.90 Å². The number of fused-ring (bicyclic) bond motifs is 3. The standard InChI is InChI=1S/C53H83NO14/c1-32-16-12-11-13-17-33(2)42(55)30-40-21-19-38(7)53(62,68-40)50(59)51(60)54-23-15-14-18-41(54)52(61)67-45(35(4)28-39-20-22-44(46(29-39)64-9)66-25-24-63-8)31-43(56)34(3)27-37(6)48(58)49(65-10)47(57)36(5)26-32/h11-13,16-17,27,32,34-36,38-42,44-46,48-49,55,58,62H,14-15,18-26,28-31H2,1-10H3/b13-11+,16-12+,33-17+,37-27+/t32-,34-,35-,36-,38-,39+,40+,41+,42+,44-,45+,46-,48-,49+,53-/m1/s1. The molecule has 15 nitrogen and oxygen atoms in total. The van der Waals surface area contributed by atoms with Crippen molar-refractivity contribution in [2.45, 2.75) is 180 Å². The number of rotatable bonds is 9. The van der Waals surface area contributed by atoms with Gasteiger partial charge in [0.25, 0.3) is 11.7 Å². The molecule has 15 heteroatoms. The van der Waals surface area contributed by atoms with E-state index in [4.69, 9.17) is 28.4 Å². The van der Waals surface area contributed by atoms with Gasteiger partial charge in [0.1, 0.15) is 30.1 Å². The second-order valence-electron chi connectivity index (χ2n) is 20.2. The number of allylic oxidation sites excluding steroid dienone is 6. The van der Waals surface area contributed by atoms with Crippen LogP contribution in [-0.2, 0) is 52.4 Å². The third-order valence-corrected chi connectivity index (χ3v) is 14.8. The molecule has 1 aliphatic carbocycles. The Morgan fingerprint density at radius 3 is 2.26 bits per heavy atom. The minimum atomic E-state index is -2.48. The van der Waals surface area contributed by atoms with Gasteiger partial charge in [0.2, 0.25) is 5.79 Å². The van der Waals surface area contributed by atoms with Crippen molar-refractivity contribution in [3.8, 4) is 0 Å². The molecule has 15 atom stereocenters. The molecule has 0 aromatic carbocycles. The quantitative estimate of drug-likeness (QED) is 0.102. The van der Waals surface area contributed by atoms with Crippen LogP contribution in [0.3, 0.4) is 0 Å². The van der Waals surface area contributed by atoms with Gasteiger partial charge in [0.15, 0.2) is 5.78 Å². The van der Waals surface area contributed by atoms with Gasteiger partial charge in [-0.2, -0.15) is 0 Å². The molecule has 1 saturated carbocycles. The number of esters is 1. The average Bonchev–Trinajstić information content (AvgIpc) is 3.31. The van der Waals surface area contributed by atoms with E-state index in [1.165, 1.54) is 12.0 Å². The van der Waals surface area contributed by atoms with Gasteiger partial charge in [-0.1, -0.05) is 71.1 Å². The van der Waals surface area contributed by atoms with Crippen LogP contribution in [0.25, 0.3) is 0 Å². The summed E-state index contributed by atoms with van der Waals surface area (Å²) in [4.78, 5) is 71.9. The third-order valence-electron chi connectivity index (χ3n) is 14.8. The number of ketones is 3. The van der Waals surface area contributed by atoms with Gasteiger partial charge in [-0.25, -0.2) is 4.79 Å². The van der Waals surface area contributed by atoms with E-state index in [2.05, 4.69) is 0 Å². The van der Waals surface area contributed by atoms with Crippen LogP contribution in [0.15, 0.2) is 47.6 Å². The second-order valence-corrected chi connectivity index (χ2v) is 20.2. The number of hydrogen-bond donors (Lipinski definition) is 3.